The van der Waals surface area contributed by atoms with Crippen molar-refractivity contribution in [2.45, 2.75) is 19.8 Å². The van der Waals surface area contributed by atoms with Crippen LogP contribution in [-0.2, 0) is 9.59 Å². The number of rotatable bonds is 6. The highest BCUT2D eigenvalue weighted by Crippen LogP contribution is 2.47. The Labute approximate surface area is 169 Å². The second-order valence-corrected chi connectivity index (χ2v) is 7.24. The SMILES string of the molecule is Cc1ccccc1NC(=O)C1(C(=O)Nc2ccc(Oc3ccccc3)cc2)CC1. The Balaban J connectivity index is 1.39. The summed E-state index contributed by atoms with van der Waals surface area (Å²) in [6.07, 6.45) is 1.09. The van der Waals surface area contributed by atoms with Gasteiger partial charge in [0.15, 0.2) is 0 Å². The number of para-hydroxylation sites is 2. The second kappa shape index (κ2) is 7.80. The molecule has 0 heterocycles. The van der Waals surface area contributed by atoms with Crippen molar-refractivity contribution in [1.29, 1.82) is 0 Å². The van der Waals surface area contributed by atoms with Gasteiger partial charge < -0.3 is 15.4 Å². The zero-order valence-corrected chi connectivity index (χ0v) is 16.1. The van der Waals surface area contributed by atoms with Gasteiger partial charge in [0.25, 0.3) is 0 Å². The van der Waals surface area contributed by atoms with E-state index in [0.29, 0.717) is 24.3 Å². The van der Waals surface area contributed by atoms with Gasteiger partial charge in [0.1, 0.15) is 16.9 Å². The number of anilines is 2. The third kappa shape index (κ3) is 4.14. The largest absolute Gasteiger partial charge is 0.457 e. The van der Waals surface area contributed by atoms with Crippen molar-refractivity contribution < 1.29 is 14.3 Å². The minimum Gasteiger partial charge on any atom is -0.457 e. The van der Waals surface area contributed by atoms with Gasteiger partial charge >= 0.3 is 0 Å². The summed E-state index contributed by atoms with van der Waals surface area (Å²) in [4.78, 5) is 25.5. The number of aryl methyl sites for hydroxylation is 1. The van der Waals surface area contributed by atoms with E-state index in [4.69, 9.17) is 4.74 Å². The fourth-order valence-corrected chi connectivity index (χ4v) is 3.12. The summed E-state index contributed by atoms with van der Waals surface area (Å²) in [6.45, 7) is 1.92. The summed E-state index contributed by atoms with van der Waals surface area (Å²) in [7, 11) is 0. The number of benzene rings is 3. The highest BCUT2D eigenvalue weighted by atomic mass is 16.5. The molecule has 3 aromatic rings. The fraction of sp³-hybridized carbons (Fsp3) is 0.167. The fourth-order valence-electron chi connectivity index (χ4n) is 3.12. The standard InChI is InChI=1S/C24H22N2O3/c1-17-7-5-6-10-21(17)26-23(28)24(15-16-24)22(27)25-18-11-13-20(14-12-18)29-19-8-3-2-4-9-19/h2-14H,15-16H2,1H3,(H,25,27)(H,26,28). The Kier molecular flexibility index (Phi) is 5.04. The number of amides is 2. The third-order valence-electron chi connectivity index (χ3n) is 5.10. The zero-order valence-electron chi connectivity index (χ0n) is 16.1. The van der Waals surface area contributed by atoms with E-state index >= 15 is 0 Å². The average molecular weight is 386 g/mol. The highest BCUT2D eigenvalue weighted by molar-refractivity contribution is 6.17. The van der Waals surface area contributed by atoms with Crippen molar-refractivity contribution in [1.82, 2.24) is 0 Å². The van der Waals surface area contributed by atoms with Crippen LogP contribution in [0, 0.1) is 12.3 Å². The van der Waals surface area contributed by atoms with Crippen LogP contribution in [0.4, 0.5) is 11.4 Å². The van der Waals surface area contributed by atoms with Gasteiger partial charge in [0.05, 0.1) is 0 Å². The van der Waals surface area contributed by atoms with Crippen LogP contribution >= 0.6 is 0 Å². The maximum Gasteiger partial charge on any atom is 0.240 e. The lowest BCUT2D eigenvalue weighted by Gasteiger charge is -2.16. The summed E-state index contributed by atoms with van der Waals surface area (Å²) in [5.74, 6) is 0.885. The van der Waals surface area contributed by atoms with Crippen LogP contribution in [0.5, 0.6) is 11.5 Å². The predicted octanol–water partition coefficient (Wildman–Crippen LogP) is 5.14. The van der Waals surface area contributed by atoms with Gasteiger partial charge in [-0.25, -0.2) is 0 Å². The molecule has 5 heteroatoms. The first-order valence-electron chi connectivity index (χ1n) is 9.58. The van der Waals surface area contributed by atoms with E-state index < -0.39 is 5.41 Å². The normalized spacial score (nSPS) is 14.0. The molecule has 0 saturated heterocycles. The zero-order chi connectivity index (χ0) is 20.3. The Morgan fingerprint density at radius 2 is 1.34 bits per heavy atom. The molecule has 0 atom stereocenters. The van der Waals surface area contributed by atoms with E-state index in [-0.39, 0.29) is 11.8 Å². The van der Waals surface area contributed by atoms with Crippen LogP contribution in [0.25, 0.3) is 0 Å². The van der Waals surface area contributed by atoms with Crippen molar-refractivity contribution in [3.63, 3.8) is 0 Å². The van der Waals surface area contributed by atoms with Crippen molar-refractivity contribution in [2.75, 3.05) is 10.6 Å². The number of hydrogen-bond acceptors (Lipinski definition) is 3. The highest BCUT2D eigenvalue weighted by Gasteiger charge is 2.56. The van der Waals surface area contributed by atoms with Crippen LogP contribution < -0.4 is 15.4 Å². The molecule has 0 unspecified atom stereocenters. The van der Waals surface area contributed by atoms with E-state index in [1.807, 2.05) is 61.5 Å². The number of carbonyl (C=O) groups is 2. The van der Waals surface area contributed by atoms with Crippen molar-refractivity contribution in [2.24, 2.45) is 5.41 Å². The maximum absolute atomic E-state index is 12.8. The Morgan fingerprint density at radius 1 is 0.759 bits per heavy atom. The quantitative estimate of drug-likeness (QED) is 0.576. The molecular formula is C24H22N2O3. The van der Waals surface area contributed by atoms with Crippen molar-refractivity contribution in [3.05, 3.63) is 84.4 Å². The minimum atomic E-state index is -0.999. The molecule has 0 aromatic heterocycles. The molecule has 1 aliphatic rings. The second-order valence-electron chi connectivity index (χ2n) is 7.24. The molecule has 1 fully saturated rings. The van der Waals surface area contributed by atoms with Gasteiger partial charge in [-0.2, -0.15) is 0 Å². The lowest BCUT2D eigenvalue weighted by atomic mass is 10.0. The molecule has 29 heavy (non-hydrogen) atoms. The topological polar surface area (TPSA) is 67.4 Å². The number of hydrogen-bond donors (Lipinski definition) is 2. The summed E-state index contributed by atoms with van der Waals surface area (Å²) < 4.78 is 5.76. The molecule has 3 aromatic carbocycles. The van der Waals surface area contributed by atoms with Crippen LogP contribution in [-0.4, -0.2) is 11.8 Å². The Bertz CT molecular complexity index is 1030. The molecule has 0 bridgehead atoms. The van der Waals surface area contributed by atoms with Gasteiger partial charge in [-0.1, -0.05) is 36.4 Å². The maximum atomic E-state index is 12.8. The van der Waals surface area contributed by atoms with Gasteiger partial charge in [0.2, 0.25) is 11.8 Å². The summed E-state index contributed by atoms with van der Waals surface area (Å²) >= 11 is 0. The Morgan fingerprint density at radius 3 is 2.00 bits per heavy atom. The van der Waals surface area contributed by atoms with Crippen LogP contribution in [0.2, 0.25) is 0 Å². The van der Waals surface area contributed by atoms with E-state index in [1.54, 1.807) is 24.3 Å². The lowest BCUT2D eigenvalue weighted by molar-refractivity contribution is -0.131. The van der Waals surface area contributed by atoms with Crippen molar-refractivity contribution in [3.8, 4) is 11.5 Å². The summed E-state index contributed by atoms with van der Waals surface area (Å²) in [5.41, 5.74) is 1.33. The average Bonchev–Trinajstić information content (AvgIpc) is 3.54. The van der Waals surface area contributed by atoms with Gasteiger partial charge in [0, 0.05) is 11.4 Å². The smallest absolute Gasteiger partial charge is 0.240 e. The summed E-state index contributed by atoms with van der Waals surface area (Å²) in [6, 6.07) is 24.1. The predicted molar refractivity (Wildman–Crippen MR) is 113 cm³/mol. The van der Waals surface area contributed by atoms with E-state index in [0.717, 1.165) is 17.0 Å². The molecule has 0 radical (unpaired) electrons. The molecule has 2 N–H and O–H groups in total. The molecule has 1 saturated carbocycles. The molecule has 5 nitrogen and oxygen atoms in total. The molecule has 4 rings (SSSR count). The van der Waals surface area contributed by atoms with Crippen LogP contribution in [0.1, 0.15) is 18.4 Å². The number of ether oxygens (including phenoxy) is 1. The first-order valence-corrected chi connectivity index (χ1v) is 9.58. The minimum absolute atomic E-state index is 0.256. The lowest BCUT2D eigenvalue weighted by Crippen LogP contribution is -2.35. The molecule has 1 aliphatic carbocycles. The van der Waals surface area contributed by atoms with Crippen molar-refractivity contribution >= 4 is 23.2 Å². The summed E-state index contributed by atoms with van der Waals surface area (Å²) in [5, 5.41) is 5.76. The monoisotopic (exact) mass is 386 g/mol. The molecular weight excluding hydrogens is 364 g/mol. The first-order chi connectivity index (χ1) is 14.1. The third-order valence-corrected chi connectivity index (χ3v) is 5.10. The number of nitrogens with one attached hydrogen (secondary N) is 2. The first kappa shape index (κ1) is 18.7. The number of carbonyl (C=O) groups excluding carboxylic acids is 2. The Hall–Kier alpha value is -3.60. The van der Waals surface area contributed by atoms with E-state index in [1.165, 1.54) is 0 Å². The van der Waals surface area contributed by atoms with Gasteiger partial charge in [-0.3, -0.25) is 9.59 Å². The molecule has 2 amide bonds. The molecule has 0 spiro atoms. The van der Waals surface area contributed by atoms with Crippen LogP contribution in [0.15, 0.2) is 78.9 Å². The van der Waals surface area contributed by atoms with Gasteiger partial charge in [-0.15, -0.1) is 0 Å². The van der Waals surface area contributed by atoms with Gasteiger partial charge in [-0.05, 0) is 67.8 Å². The molecule has 0 aliphatic heterocycles. The van der Waals surface area contributed by atoms with Crippen LogP contribution in [0.3, 0.4) is 0 Å². The van der Waals surface area contributed by atoms with E-state index in [2.05, 4.69) is 10.6 Å². The van der Waals surface area contributed by atoms with E-state index in [9.17, 15) is 9.59 Å². The molecule has 146 valence electrons.